The number of carbonyl (C=O) groups is 2. The molecule has 4 aliphatic rings. The molecule has 148 valence electrons. The van der Waals surface area contributed by atoms with E-state index in [2.05, 4.69) is 60.7 Å². The minimum absolute atomic E-state index is 0.0770. The summed E-state index contributed by atoms with van der Waals surface area (Å²) in [6, 6.07) is 24.4. The monoisotopic (exact) mass is 505 g/mol. The minimum Gasteiger partial charge on any atom is -0.274 e. The highest BCUT2D eigenvalue weighted by atomic mass is 127. The number of hydrogen-bond acceptors (Lipinski definition) is 2. The fraction of sp³-hybridized carbons (Fsp3) is 0.231. The molecule has 2 bridgehead atoms. The lowest BCUT2D eigenvalue weighted by Gasteiger charge is -2.57. The van der Waals surface area contributed by atoms with Crippen LogP contribution >= 0.6 is 22.6 Å². The van der Waals surface area contributed by atoms with Gasteiger partial charge in [-0.25, -0.2) is 4.90 Å². The molecule has 3 aromatic rings. The molecule has 30 heavy (non-hydrogen) atoms. The second kappa shape index (κ2) is 5.82. The smallest absolute Gasteiger partial charge is 0.239 e. The Hall–Kier alpha value is -2.47. The standard InChI is InChI=1S/C26H20INO2/c1-25-15-9-3-5-11-17(15)26(2,18-12-6-4-10-16(18)25)22-21(25)23(29)28(24(22)30)20-14-8-7-13-19(20)27/h3-14,21-22H,1-2H3/t21-,22-,25?,26?/m1/s1. The summed E-state index contributed by atoms with van der Waals surface area (Å²) in [4.78, 5) is 29.4. The van der Waals surface area contributed by atoms with Crippen molar-refractivity contribution in [3.63, 3.8) is 0 Å². The Labute approximate surface area is 189 Å². The molecule has 0 radical (unpaired) electrons. The summed E-state index contributed by atoms with van der Waals surface area (Å²) in [5, 5.41) is 0. The van der Waals surface area contributed by atoms with Gasteiger partial charge in [0.1, 0.15) is 0 Å². The maximum atomic E-state index is 14.0. The Morgan fingerprint density at radius 1 is 0.667 bits per heavy atom. The van der Waals surface area contributed by atoms with Crippen LogP contribution < -0.4 is 4.90 Å². The highest BCUT2D eigenvalue weighted by Crippen LogP contribution is 2.66. The number of rotatable bonds is 1. The fourth-order valence-electron chi connectivity index (χ4n) is 6.44. The summed E-state index contributed by atoms with van der Waals surface area (Å²) in [6.45, 7) is 4.32. The fourth-order valence-corrected chi connectivity index (χ4v) is 7.07. The highest BCUT2D eigenvalue weighted by Gasteiger charge is 2.70. The second-order valence-electron chi connectivity index (χ2n) is 8.91. The van der Waals surface area contributed by atoms with Crippen molar-refractivity contribution < 1.29 is 9.59 Å². The summed E-state index contributed by atoms with van der Waals surface area (Å²) >= 11 is 2.21. The molecule has 2 amide bonds. The van der Waals surface area contributed by atoms with Crippen LogP contribution in [0.4, 0.5) is 5.69 Å². The molecule has 1 fully saturated rings. The van der Waals surface area contributed by atoms with Crippen LogP contribution in [0, 0.1) is 15.4 Å². The first-order chi connectivity index (χ1) is 14.4. The van der Waals surface area contributed by atoms with Gasteiger partial charge in [0.15, 0.2) is 0 Å². The Morgan fingerprint density at radius 2 is 1.03 bits per heavy atom. The van der Waals surface area contributed by atoms with Gasteiger partial charge in [-0.1, -0.05) is 74.5 Å². The van der Waals surface area contributed by atoms with Crippen LogP contribution in [0.3, 0.4) is 0 Å². The molecule has 0 spiro atoms. The molecular formula is C26H20INO2. The number of hydrogen-bond donors (Lipinski definition) is 0. The van der Waals surface area contributed by atoms with E-state index >= 15 is 0 Å². The van der Waals surface area contributed by atoms with Crippen molar-refractivity contribution in [3.8, 4) is 0 Å². The molecule has 4 heteroatoms. The molecule has 0 saturated carbocycles. The number of carbonyl (C=O) groups excluding carboxylic acids is 2. The maximum absolute atomic E-state index is 14.0. The number of anilines is 1. The zero-order chi connectivity index (χ0) is 20.8. The molecule has 1 saturated heterocycles. The van der Waals surface area contributed by atoms with E-state index in [4.69, 9.17) is 0 Å². The van der Waals surface area contributed by atoms with E-state index in [1.807, 2.05) is 48.5 Å². The first-order valence-corrected chi connectivity index (χ1v) is 11.3. The van der Waals surface area contributed by atoms with E-state index in [1.165, 1.54) is 27.2 Å². The van der Waals surface area contributed by atoms with Crippen LogP contribution in [0.15, 0.2) is 72.8 Å². The van der Waals surface area contributed by atoms with Crippen molar-refractivity contribution in [2.75, 3.05) is 4.90 Å². The minimum atomic E-state index is -0.530. The number of amides is 2. The SMILES string of the molecule is CC12c3ccccc3C(C)(c3ccccc31)[C@H]1C(=O)N(c3ccccc3I)C(=O)[C@@H]12. The van der Waals surface area contributed by atoms with Crippen LogP contribution in [-0.4, -0.2) is 11.8 Å². The molecule has 0 unspecified atom stereocenters. The molecule has 3 aliphatic carbocycles. The molecule has 0 N–H and O–H groups in total. The average Bonchev–Trinajstić information content (AvgIpc) is 3.04. The van der Waals surface area contributed by atoms with Crippen molar-refractivity contribution >= 4 is 40.1 Å². The molecule has 7 rings (SSSR count). The van der Waals surface area contributed by atoms with Crippen molar-refractivity contribution in [3.05, 3.63) is 98.6 Å². The molecular weight excluding hydrogens is 485 g/mol. The highest BCUT2D eigenvalue weighted by molar-refractivity contribution is 14.1. The quantitative estimate of drug-likeness (QED) is 0.344. The first-order valence-electron chi connectivity index (χ1n) is 10.2. The maximum Gasteiger partial charge on any atom is 0.239 e. The Bertz CT molecular complexity index is 1140. The van der Waals surface area contributed by atoms with Gasteiger partial charge >= 0.3 is 0 Å². The van der Waals surface area contributed by atoms with Gasteiger partial charge in [0.05, 0.1) is 17.5 Å². The lowest BCUT2D eigenvalue weighted by Crippen LogP contribution is -2.59. The number of halogens is 1. The van der Waals surface area contributed by atoms with Crippen molar-refractivity contribution in [1.29, 1.82) is 0 Å². The number of nitrogens with zero attached hydrogens (tertiary/aromatic N) is 1. The average molecular weight is 505 g/mol. The molecule has 1 aliphatic heterocycles. The number of para-hydroxylation sites is 1. The van der Waals surface area contributed by atoms with E-state index < -0.39 is 22.7 Å². The summed E-state index contributed by atoms with van der Waals surface area (Å²) in [5.74, 6) is -0.967. The topological polar surface area (TPSA) is 37.4 Å². The summed E-state index contributed by atoms with van der Waals surface area (Å²) in [5.41, 5.74) is 4.35. The van der Waals surface area contributed by atoms with Crippen LogP contribution in [0.5, 0.6) is 0 Å². The van der Waals surface area contributed by atoms with Crippen molar-refractivity contribution in [2.45, 2.75) is 24.7 Å². The van der Waals surface area contributed by atoms with E-state index in [-0.39, 0.29) is 11.8 Å². The molecule has 1 heterocycles. The number of imide groups is 1. The van der Waals surface area contributed by atoms with Crippen LogP contribution in [0.25, 0.3) is 0 Å². The van der Waals surface area contributed by atoms with E-state index in [9.17, 15) is 9.59 Å². The first kappa shape index (κ1) is 18.3. The van der Waals surface area contributed by atoms with Gasteiger partial charge in [-0.2, -0.15) is 0 Å². The third-order valence-electron chi connectivity index (χ3n) is 7.74. The normalized spacial score (nSPS) is 30.8. The van der Waals surface area contributed by atoms with Gasteiger partial charge in [0.2, 0.25) is 11.8 Å². The molecule has 3 aromatic carbocycles. The molecule has 2 atom stereocenters. The third-order valence-corrected chi connectivity index (χ3v) is 8.65. The lowest BCUT2D eigenvalue weighted by molar-refractivity contribution is -0.124. The molecule has 0 aromatic heterocycles. The van der Waals surface area contributed by atoms with Crippen molar-refractivity contribution in [1.82, 2.24) is 0 Å². The molecule has 3 nitrogen and oxygen atoms in total. The third kappa shape index (κ3) is 1.87. The number of benzene rings is 3. The van der Waals surface area contributed by atoms with Gasteiger partial charge in [-0.3, -0.25) is 9.59 Å². The Balaban J connectivity index is 1.68. The van der Waals surface area contributed by atoms with Gasteiger partial charge < -0.3 is 0 Å². The summed E-state index contributed by atoms with van der Waals surface area (Å²) in [7, 11) is 0. The van der Waals surface area contributed by atoms with E-state index in [0.717, 1.165) is 3.57 Å². The van der Waals surface area contributed by atoms with Crippen LogP contribution in [0.2, 0.25) is 0 Å². The van der Waals surface area contributed by atoms with E-state index in [0.29, 0.717) is 5.69 Å². The van der Waals surface area contributed by atoms with Gasteiger partial charge in [0, 0.05) is 14.4 Å². The zero-order valence-corrected chi connectivity index (χ0v) is 18.9. The van der Waals surface area contributed by atoms with Crippen LogP contribution in [0.1, 0.15) is 36.1 Å². The largest absolute Gasteiger partial charge is 0.274 e. The predicted octanol–water partition coefficient (Wildman–Crippen LogP) is 5.04. The summed E-state index contributed by atoms with van der Waals surface area (Å²) < 4.78 is 0.910. The lowest BCUT2D eigenvalue weighted by atomic mass is 9.42. The van der Waals surface area contributed by atoms with Crippen molar-refractivity contribution in [2.24, 2.45) is 11.8 Å². The van der Waals surface area contributed by atoms with Gasteiger partial charge in [0.25, 0.3) is 0 Å². The summed E-state index contributed by atoms with van der Waals surface area (Å²) in [6.07, 6.45) is 0. The Kier molecular flexibility index (Phi) is 3.55. The van der Waals surface area contributed by atoms with Gasteiger partial charge in [-0.15, -0.1) is 0 Å². The zero-order valence-electron chi connectivity index (χ0n) is 16.7. The Morgan fingerprint density at radius 3 is 1.43 bits per heavy atom. The van der Waals surface area contributed by atoms with Gasteiger partial charge in [-0.05, 0) is 57.0 Å². The second-order valence-corrected chi connectivity index (χ2v) is 10.1. The predicted molar refractivity (Wildman–Crippen MR) is 124 cm³/mol. The van der Waals surface area contributed by atoms with Crippen LogP contribution in [-0.2, 0) is 20.4 Å². The van der Waals surface area contributed by atoms with E-state index in [1.54, 1.807) is 0 Å².